The minimum atomic E-state index is 0. The highest BCUT2D eigenvalue weighted by Gasteiger charge is 2.20. The minimum Gasteiger partial charge on any atom is -0.444 e. The summed E-state index contributed by atoms with van der Waals surface area (Å²) < 4.78 is 5.62. The fourth-order valence-corrected chi connectivity index (χ4v) is 3.07. The standard InChI is InChI=1S/C17H23N3O.ClH/c1-18-10-14-6-5-9-20(11-14)12-16-13-21-17(19-16)15-7-3-2-4-8-15;/h2-4,7-8,13-14,18H,5-6,9-12H2,1H3;1H. The molecule has 0 bridgehead atoms. The Morgan fingerprint density at radius 1 is 1.32 bits per heavy atom. The highest BCUT2D eigenvalue weighted by molar-refractivity contribution is 5.85. The van der Waals surface area contributed by atoms with Crippen molar-refractivity contribution < 1.29 is 4.42 Å². The molecule has 1 aliphatic heterocycles. The summed E-state index contributed by atoms with van der Waals surface area (Å²) in [4.78, 5) is 7.11. The Bertz CT molecular complexity index is 556. The molecule has 0 spiro atoms. The molecule has 1 aromatic heterocycles. The number of nitrogens with one attached hydrogen (secondary N) is 1. The Labute approximate surface area is 138 Å². The van der Waals surface area contributed by atoms with E-state index in [1.807, 2.05) is 37.4 Å². The van der Waals surface area contributed by atoms with Crippen LogP contribution in [0.4, 0.5) is 0 Å². The zero-order chi connectivity index (χ0) is 14.5. The van der Waals surface area contributed by atoms with Crippen LogP contribution in [0.3, 0.4) is 0 Å². The van der Waals surface area contributed by atoms with Crippen LogP contribution in [0, 0.1) is 5.92 Å². The van der Waals surface area contributed by atoms with Gasteiger partial charge in [-0.15, -0.1) is 12.4 Å². The van der Waals surface area contributed by atoms with Crippen molar-refractivity contribution in [3.63, 3.8) is 0 Å². The summed E-state index contributed by atoms with van der Waals surface area (Å²) in [6.07, 6.45) is 4.39. The molecule has 3 rings (SSSR count). The molecular weight excluding hydrogens is 298 g/mol. The van der Waals surface area contributed by atoms with Gasteiger partial charge in [-0.05, 0) is 51.0 Å². The second kappa shape index (κ2) is 8.32. The quantitative estimate of drug-likeness (QED) is 0.918. The minimum absolute atomic E-state index is 0. The van der Waals surface area contributed by atoms with Crippen LogP contribution in [0.1, 0.15) is 18.5 Å². The third-order valence-corrected chi connectivity index (χ3v) is 4.05. The van der Waals surface area contributed by atoms with Crippen molar-refractivity contribution in [2.24, 2.45) is 5.92 Å². The maximum atomic E-state index is 5.62. The molecule has 5 heteroatoms. The Hall–Kier alpha value is -1.36. The number of benzene rings is 1. The number of piperidine rings is 1. The molecule has 2 aromatic rings. The molecule has 1 fully saturated rings. The smallest absolute Gasteiger partial charge is 0.226 e. The van der Waals surface area contributed by atoms with Crippen LogP contribution < -0.4 is 5.32 Å². The number of rotatable bonds is 5. The number of nitrogens with zero attached hydrogens (tertiary/aromatic N) is 2. The number of halogens is 1. The van der Waals surface area contributed by atoms with Crippen LogP contribution in [0.15, 0.2) is 41.0 Å². The summed E-state index contributed by atoms with van der Waals surface area (Å²) in [6, 6.07) is 10.1. The Morgan fingerprint density at radius 3 is 2.91 bits per heavy atom. The van der Waals surface area contributed by atoms with Crippen molar-refractivity contribution in [2.45, 2.75) is 19.4 Å². The lowest BCUT2D eigenvalue weighted by atomic mass is 9.98. The van der Waals surface area contributed by atoms with Gasteiger partial charge in [0.05, 0.1) is 5.69 Å². The van der Waals surface area contributed by atoms with E-state index < -0.39 is 0 Å². The summed E-state index contributed by atoms with van der Waals surface area (Å²) in [5.74, 6) is 1.47. The topological polar surface area (TPSA) is 41.3 Å². The molecule has 0 radical (unpaired) electrons. The predicted molar refractivity (Wildman–Crippen MR) is 91.1 cm³/mol. The van der Waals surface area contributed by atoms with Gasteiger partial charge in [0, 0.05) is 18.7 Å². The molecule has 1 aromatic carbocycles. The van der Waals surface area contributed by atoms with Crippen molar-refractivity contribution >= 4 is 12.4 Å². The monoisotopic (exact) mass is 321 g/mol. The molecule has 120 valence electrons. The van der Waals surface area contributed by atoms with E-state index >= 15 is 0 Å². The maximum Gasteiger partial charge on any atom is 0.226 e. The molecule has 1 N–H and O–H groups in total. The number of likely N-dealkylation sites (tertiary alicyclic amines) is 1. The third-order valence-electron chi connectivity index (χ3n) is 4.05. The summed E-state index contributed by atoms with van der Waals surface area (Å²) in [6.45, 7) is 4.29. The van der Waals surface area contributed by atoms with E-state index in [9.17, 15) is 0 Å². The highest BCUT2D eigenvalue weighted by atomic mass is 35.5. The normalized spacial score (nSPS) is 18.9. The molecule has 2 heterocycles. The van der Waals surface area contributed by atoms with Crippen LogP contribution in [-0.2, 0) is 6.54 Å². The number of hydrogen-bond donors (Lipinski definition) is 1. The number of oxazole rings is 1. The van der Waals surface area contributed by atoms with Gasteiger partial charge < -0.3 is 9.73 Å². The van der Waals surface area contributed by atoms with E-state index in [1.165, 1.54) is 12.8 Å². The van der Waals surface area contributed by atoms with Crippen LogP contribution in [0.2, 0.25) is 0 Å². The van der Waals surface area contributed by atoms with E-state index in [-0.39, 0.29) is 12.4 Å². The Morgan fingerprint density at radius 2 is 2.14 bits per heavy atom. The molecule has 4 nitrogen and oxygen atoms in total. The first-order valence-corrected chi connectivity index (χ1v) is 7.72. The summed E-state index contributed by atoms with van der Waals surface area (Å²) in [7, 11) is 2.03. The third kappa shape index (κ3) is 4.32. The van der Waals surface area contributed by atoms with E-state index in [2.05, 4.69) is 15.2 Å². The van der Waals surface area contributed by atoms with Crippen LogP contribution >= 0.6 is 12.4 Å². The largest absolute Gasteiger partial charge is 0.444 e. The number of aromatic nitrogens is 1. The Balaban J connectivity index is 0.00000176. The first-order chi connectivity index (χ1) is 10.3. The predicted octanol–water partition coefficient (Wildman–Crippen LogP) is 3.19. The van der Waals surface area contributed by atoms with Crippen LogP contribution in [0.5, 0.6) is 0 Å². The van der Waals surface area contributed by atoms with Gasteiger partial charge in [-0.1, -0.05) is 18.2 Å². The molecule has 1 aliphatic rings. The molecule has 22 heavy (non-hydrogen) atoms. The van der Waals surface area contributed by atoms with Gasteiger partial charge in [0.2, 0.25) is 5.89 Å². The van der Waals surface area contributed by atoms with Gasteiger partial charge in [0.15, 0.2) is 0 Å². The van der Waals surface area contributed by atoms with Gasteiger partial charge in [-0.25, -0.2) is 4.98 Å². The molecule has 0 amide bonds. The van der Waals surface area contributed by atoms with Crippen molar-refractivity contribution in [3.05, 3.63) is 42.3 Å². The first kappa shape index (κ1) is 17.0. The fraction of sp³-hybridized carbons (Fsp3) is 0.471. The first-order valence-electron chi connectivity index (χ1n) is 7.72. The van der Waals surface area contributed by atoms with Crippen molar-refractivity contribution in [2.75, 3.05) is 26.7 Å². The highest BCUT2D eigenvalue weighted by Crippen LogP contribution is 2.21. The lowest BCUT2D eigenvalue weighted by Gasteiger charge is -2.32. The second-order valence-electron chi connectivity index (χ2n) is 5.81. The average molecular weight is 322 g/mol. The fourth-order valence-electron chi connectivity index (χ4n) is 3.07. The van der Waals surface area contributed by atoms with E-state index in [0.717, 1.165) is 49.2 Å². The lowest BCUT2D eigenvalue weighted by Crippen LogP contribution is -2.38. The second-order valence-corrected chi connectivity index (χ2v) is 5.81. The van der Waals surface area contributed by atoms with E-state index in [4.69, 9.17) is 4.42 Å². The molecule has 0 aliphatic carbocycles. The van der Waals surface area contributed by atoms with Gasteiger partial charge >= 0.3 is 0 Å². The molecule has 0 saturated carbocycles. The van der Waals surface area contributed by atoms with Crippen LogP contribution in [0.25, 0.3) is 11.5 Å². The summed E-state index contributed by atoms with van der Waals surface area (Å²) in [5.41, 5.74) is 2.06. The zero-order valence-electron chi connectivity index (χ0n) is 13.0. The van der Waals surface area contributed by atoms with Crippen molar-refractivity contribution in [1.82, 2.24) is 15.2 Å². The van der Waals surface area contributed by atoms with E-state index in [1.54, 1.807) is 6.26 Å². The van der Waals surface area contributed by atoms with Crippen molar-refractivity contribution in [3.8, 4) is 11.5 Å². The zero-order valence-corrected chi connectivity index (χ0v) is 13.8. The van der Waals surface area contributed by atoms with Gasteiger partial charge in [0.25, 0.3) is 0 Å². The molecule has 1 unspecified atom stereocenters. The summed E-state index contributed by atoms with van der Waals surface area (Å²) in [5, 5.41) is 3.29. The number of hydrogen-bond acceptors (Lipinski definition) is 4. The molecular formula is C17H24ClN3O. The maximum absolute atomic E-state index is 5.62. The van der Waals surface area contributed by atoms with E-state index in [0.29, 0.717) is 0 Å². The molecule has 1 atom stereocenters. The van der Waals surface area contributed by atoms with Crippen LogP contribution in [-0.4, -0.2) is 36.6 Å². The average Bonchev–Trinajstić information content (AvgIpc) is 2.97. The molecule has 1 saturated heterocycles. The van der Waals surface area contributed by atoms with Gasteiger partial charge in [-0.2, -0.15) is 0 Å². The summed E-state index contributed by atoms with van der Waals surface area (Å²) >= 11 is 0. The van der Waals surface area contributed by atoms with Gasteiger partial charge in [0.1, 0.15) is 6.26 Å². The van der Waals surface area contributed by atoms with Crippen molar-refractivity contribution in [1.29, 1.82) is 0 Å². The lowest BCUT2D eigenvalue weighted by molar-refractivity contribution is 0.165. The SMILES string of the molecule is CNCC1CCCN(Cc2coc(-c3ccccc3)n2)C1.Cl. The van der Waals surface area contributed by atoms with Gasteiger partial charge in [-0.3, -0.25) is 4.90 Å². The Kier molecular flexibility index (Phi) is 6.43.